The van der Waals surface area contributed by atoms with Gasteiger partial charge in [0.05, 0.1) is 38.1 Å². The van der Waals surface area contributed by atoms with Crippen molar-refractivity contribution in [2.24, 2.45) is 11.8 Å². The van der Waals surface area contributed by atoms with Crippen molar-refractivity contribution in [3.8, 4) is 0 Å². The number of carboxylic acids is 1. The lowest BCUT2D eigenvalue weighted by atomic mass is 9.54. The number of piperidine rings is 1. The summed E-state index contributed by atoms with van der Waals surface area (Å²) in [6, 6.07) is 9.67. The van der Waals surface area contributed by atoms with Gasteiger partial charge in [-0.25, -0.2) is 0 Å². The number of carboxylic acid groups (broad SMARTS) is 1. The number of benzene rings is 1. The minimum Gasteiger partial charge on any atom is -0.481 e. The van der Waals surface area contributed by atoms with E-state index < -0.39 is 5.97 Å². The van der Waals surface area contributed by atoms with Gasteiger partial charge in [-0.15, -0.1) is 0 Å². The van der Waals surface area contributed by atoms with E-state index in [0.29, 0.717) is 18.6 Å². The Kier molecular flexibility index (Phi) is 3.08. The number of ether oxygens (including phenoxy) is 1. The average molecular weight is 367 g/mol. The number of hydrogen-bond acceptors (Lipinski definition) is 3. The lowest BCUT2D eigenvalue weighted by Crippen LogP contribution is -2.68. The Balaban J connectivity index is 1.55. The van der Waals surface area contributed by atoms with Crippen molar-refractivity contribution in [1.82, 2.24) is 0 Å². The summed E-state index contributed by atoms with van der Waals surface area (Å²) in [7, 11) is 2.44. The standard InChI is InChI=1S/C22H26N2O3/c1-24-8-7-22-15-4-2-3-5-16(15)23-21(22)20-14(10-18(22)24)13(12-24)6-9-27-17(20)11-19(25)26/h2-6,14,17-18,20-21,23H,7-12H2,1H3/p+1/t14-,17-,18-,20-,21-,22+,24-/m0/s1. The molecule has 2 N–H and O–H groups in total. The Morgan fingerprint density at radius 1 is 1.41 bits per heavy atom. The van der Waals surface area contributed by atoms with Gasteiger partial charge < -0.3 is 19.6 Å². The zero-order valence-corrected chi connectivity index (χ0v) is 15.7. The number of rotatable bonds is 2. The number of fused-ring (bicyclic) bond motifs is 2. The van der Waals surface area contributed by atoms with Crippen molar-refractivity contribution < 1.29 is 19.1 Å². The first kappa shape index (κ1) is 16.1. The molecule has 0 amide bonds. The molecule has 0 aromatic heterocycles. The maximum absolute atomic E-state index is 11.6. The predicted molar refractivity (Wildman–Crippen MR) is 102 cm³/mol. The molecule has 1 spiro atoms. The van der Waals surface area contributed by atoms with Crippen LogP contribution in [-0.4, -0.2) is 60.5 Å². The summed E-state index contributed by atoms with van der Waals surface area (Å²) in [5, 5.41) is 13.4. The number of para-hydroxylation sites is 1. The molecule has 142 valence electrons. The molecule has 7 atom stereocenters. The predicted octanol–water partition coefficient (Wildman–Crippen LogP) is 2.39. The molecule has 2 saturated heterocycles. The summed E-state index contributed by atoms with van der Waals surface area (Å²) in [6.07, 6.45) is 4.50. The molecule has 5 heteroatoms. The van der Waals surface area contributed by atoms with Gasteiger partial charge in [-0.3, -0.25) is 4.79 Å². The van der Waals surface area contributed by atoms with E-state index in [1.54, 1.807) is 0 Å². The molecule has 2 bridgehead atoms. The highest BCUT2D eigenvalue weighted by molar-refractivity contribution is 5.68. The van der Waals surface area contributed by atoms with Crippen molar-refractivity contribution >= 4 is 11.7 Å². The number of nitrogens with zero attached hydrogens (tertiary/aromatic N) is 1. The van der Waals surface area contributed by atoms with E-state index in [9.17, 15) is 9.90 Å². The van der Waals surface area contributed by atoms with E-state index in [-0.39, 0.29) is 29.9 Å². The Morgan fingerprint density at radius 2 is 2.26 bits per heavy atom. The molecule has 27 heavy (non-hydrogen) atoms. The van der Waals surface area contributed by atoms with Crippen molar-refractivity contribution in [1.29, 1.82) is 0 Å². The van der Waals surface area contributed by atoms with Crippen molar-refractivity contribution in [3.05, 3.63) is 41.5 Å². The van der Waals surface area contributed by atoms with E-state index in [1.807, 2.05) is 0 Å². The van der Waals surface area contributed by atoms with Crippen LogP contribution in [0.4, 0.5) is 5.69 Å². The summed E-state index contributed by atoms with van der Waals surface area (Å²) in [5.41, 5.74) is 4.35. The van der Waals surface area contributed by atoms with Crippen molar-refractivity contribution in [2.45, 2.75) is 42.9 Å². The fourth-order valence-corrected chi connectivity index (χ4v) is 7.58. The number of likely N-dealkylation sites (N-methyl/N-ethyl adjacent to an activating group) is 1. The fraction of sp³-hybridized carbons (Fsp3) is 0.591. The smallest absolute Gasteiger partial charge is 0.305 e. The zero-order valence-electron chi connectivity index (χ0n) is 15.7. The molecular weight excluding hydrogens is 340 g/mol. The van der Waals surface area contributed by atoms with Crippen molar-refractivity contribution in [3.63, 3.8) is 0 Å². The molecule has 3 fully saturated rings. The summed E-state index contributed by atoms with van der Waals surface area (Å²) in [6.45, 7) is 2.86. The second-order valence-electron chi connectivity index (χ2n) is 9.50. The fourth-order valence-electron chi connectivity index (χ4n) is 7.58. The summed E-state index contributed by atoms with van der Waals surface area (Å²) in [5.74, 6) is -0.0746. The van der Waals surface area contributed by atoms with Gasteiger partial charge in [-0.05, 0) is 23.1 Å². The van der Waals surface area contributed by atoms with Crippen molar-refractivity contribution in [2.75, 3.05) is 32.1 Å². The first-order valence-corrected chi connectivity index (χ1v) is 10.3. The number of hydrogen-bond donors (Lipinski definition) is 2. The van der Waals surface area contributed by atoms with E-state index in [1.165, 1.54) is 36.2 Å². The van der Waals surface area contributed by atoms with E-state index in [0.717, 1.165) is 11.0 Å². The van der Waals surface area contributed by atoms with Crippen LogP contribution in [0.1, 0.15) is 24.8 Å². The normalized spacial score (nSPS) is 46.0. The van der Waals surface area contributed by atoms with E-state index in [2.05, 4.69) is 42.7 Å². The maximum atomic E-state index is 11.6. The minimum atomic E-state index is -0.752. The largest absolute Gasteiger partial charge is 0.481 e. The maximum Gasteiger partial charge on any atom is 0.305 e. The molecule has 4 heterocycles. The van der Waals surface area contributed by atoms with Crippen LogP contribution in [0.25, 0.3) is 0 Å². The minimum absolute atomic E-state index is 0.101. The van der Waals surface area contributed by atoms with Gasteiger partial charge in [-0.1, -0.05) is 24.3 Å². The lowest BCUT2D eigenvalue weighted by molar-refractivity contribution is -0.924. The first-order valence-electron chi connectivity index (χ1n) is 10.3. The summed E-state index contributed by atoms with van der Waals surface area (Å²) < 4.78 is 7.30. The molecule has 0 radical (unpaired) electrons. The van der Waals surface area contributed by atoms with Crippen LogP contribution in [0.5, 0.6) is 0 Å². The number of aliphatic carboxylic acids is 1. The number of anilines is 1. The van der Waals surface area contributed by atoms with Gasteiger partial charge in [0.2, 0.25) is 0 Å². The molecule has 6 rings (SSSR count). The molecule has 1 aliphatic carbocycles. The molecule has 0 unspecified atom stereocenters. The summed E-state index contributed by atoms with van der Waals surface area (Å²) >= 11 is 0. The topological polar surface area (TPSA) is 58.6 Å². The Hall–Kier alpha value is -1.85. The van der Waals surface area contributed by atoms with Crippen LogP contribution in [-0.2, 0) is 14.9 Å². The van der Waals surface area contributed by atoms with Crippen LogP contribution in [0.3, 0.4) is 0 Å². The molecule has 5 nitrogen and oxygen atoms in total. The third-order valence-electron chi connectivity index (χ3n) is 8.49. The monoisotopic (exact) mass is 367 g/mol. The van der Waals surface area contributed by atoms with Gasteiger partial charge in [0, 0.05) is 30.5 Å². The molecule has 4 aliphatic heterocycles. The zero-order chi connectivity index (χ0) is 18.4. The van der Waals surface area contributed by atoms with Gasteiger partial charge in [0.25, 0.3) is 0 Å². The second kappa shape index (κ2) is 5.15. The molecule has 5 aliphatic rings. The Bertz CT molecular complexity index is 867. The van der Waals surface area contributed by atoms with Crippen LogP contribution in [0.15, 0.2) is 35.9 Å². The van der Waals surface area contributed by atoms with Crippen LogP contribution in [0, 0.1) is 11.8 Å². The third-order valence-corrected chi connectivity index (χ3v) is 8.49. The highest BCUT2D eigenvalue weighted by atomic mass is 16.5. The van der Waals surface area contributed by atoms with Gasteiger partial charge in [-0.2, -0.15) is 0 Å². The highest BCUT2D eigenvalue weighted by Crippen LogP contribution is 2.64. The number of quaternary nitrogens is 1. The Labute approximate surface area is 159 Å². The van der Waals surface area contributed by atoms with Crippen LogP contribution < -0.4 is 5.32 Å². The Morgan fingerprint density at radius 3 is 3.11 bits per heavy atom. The highest BCUT2D eigenvalue weighted by Gasteiger charge is 2.71. The second-order valence-corrected chi connectivity index (χ2v) is 9.50. The number of nitrogens with one attached hydrogen (secondary N) is 1. The van der Waals surface area contributed by atoms with Crippen LogP contribution >= 0.6 is 0 Å². The molecule has 1 saturated carbocycles. The van der Waals surface area contributed by atoms with Crippen LogP contribution in [0.2, 0.25) is 0 Å². The lowest BCUT2D eigenvalue weighted by Gasteiger charge is -2.57. The average Bonchev–Trinajstić information content (AvgIpc) is 3.08. The molecular formula is C22H27N2O3+. The van der Waals surface area contributed by atoms with Gasteiger partial charge in [0.15, 0.2) is 0 Å². The molecule has 1 aromatic rings. The van der Waals surface area contributed by atoms with E-state index >= 15 is 0 Å². The first-order chi connectivity index (χ1) is 13.0. The van der Waals surface area contributed by atoms with Gasteiger partial charge >= 0.3 is 5.97 Å². The SMILES string of the molecule is C[N@+]12CC[C@]34c5ccccc5N[C@H]3[C@@H]3[C@H](CC(=O)O)OCC=C(C1)[C@@H]3C[C@@H]42. The number of carbonyl (C=O) groups is 1. The van der Waals surface area contributed by atoms with E-state index in [4.69, 9.17) is 4.74 Å². The third kappa shape index (κ3) is 1.89. The molecule has 1 aromatic carbocycles. The van der Waals surface area contributed by atoms with Gasteiger partial charge in [0.1, 0.15) is 12.6 Å². The quantitative estimate of drug-likeness (QED) is 0.623. The summed E-state index contributed by atoms with van der Waals surface area (Å²) in [4.78, 5) is 11.6.